The lowest BCUT2D eigenvalue weighted by molar-refractivity contribution is -0.110. The van der Waals surface area contributed by atoms with E-state index in [0.29, 0.717) is 30.0 Å². The molecule has 0 aromatic carbocycles. The molecule has 7 heteroatoms. The molecule has 3 heterocycles. The quantitative estimate of drug-likeness (QED) is 0.703. The van der Waals surface area contributed by atoms with Gasteiger partial charge < -0.3 is 19.6 Å². The summed E-state index contributed by atoms with van der Waals surface area (Å²) in [5, 5.41) is 10.5. The van der Waals surface area contributed by atoms with E-state index in [1.54, 1.807) is 0 Å². The lowest BCUT2D eigenvalue weighted by Gasteiger charge is -2.52. The first-order valence-electron chi connectivity index (χ1n) is 11.7. The maximum absolute atomic E-state index is 12.0. The number of ether oxygens (including phenoxy) is 1. The zero-order valence-corrected chi connectivity index (χ0v) is 18.6. The molecule has 1 aliphatic carbocycles. The largest absolute Gasteiger partial charge is 0.450 e. The lowest BCUT2D eigenvalue weighted by Crippen LogP contribution is -2.56. The molecule has 2 atom stereocenters. The van der Waals surface area contributed by atoms with Gasteiger partial charge in [0.25, 0.3) is 0 Å². The molecule has 0 aromatic heterocycles. The first-order chi connectivity index (χ1) is 13.9. The van der Waals surface area contributed by atoms with Gasteiger partial charge in [0.1, 0.15) is 0 Å². The van der Waals surface area contributed by atoms with Crippen LogP contribution >= 0.6 is 0 Å². The molecule has 4 rings (SSSR count). The third-order valence-electron chi connectivity index (χ3n) is 8.04. The molecule has 29 heavy (non-hydrogen) atoms. The SMILES string of the molecule is CCOC(=O)N1CCC2(CC(N3CCC(C4CCCN4C(O)N(C)C)CC3)C2)C1. The van der Waals surface area contributed by atoms with Gasteiger partial charge in [0.15, 0.2) is 6.35 Å². The Labute approximate surface area is 175 Å². The molecular weight excluding hydrogens is 368 g/mol. The summed E-state index contributed by atoms with van der Waals surface area (Å²) >= 11 is 0. The number of rotatable bonds is 5. The number of carbonyl (C=O) groups is 1. The summed E-state index contributed by atoms with van der Waals surface area (Å²) in [6, 6.07) is 1.24. The van der Waals surface area contributed by atoms with Crippen molar-refractivity contribution < 1.29 is 14.6 Å². The van der Waals surface area contributed by atoms with Crippen LogP contribution in [0.2, 0.25) is 0 Å². The van der Waals surface area contributed by atoms with Crippen molar-refractivity contribution in [2.75, 3.05) is 53.4 Å². The van der Waals surface area contributed by atoms with Gasteiger partial charge in [-0.25, -0.2) is 4.79 Å². The van der Waals surface area contributed by atoms with Crippen molar-refractivity contribution >= 4 is 6.09 Å². The Morgan fingerprint density at radius 1 is 1.17 bits per heavy atom. The van der Waals surface area contributed by atoms with Gasteiger partial charge in [-0.2, -0.15) is 0 Å². The van der Waals surface area contributed by atoms with E-state index in [4.69, 9.17) is 4.74 Å². The first-order valence-corrected chi connectivity index (χ1v) is 11.7. The van der Waals surface area contributed by atoms with Crippen molar-refractivity contribution in [1.29, 1.82) is 0 Å². The van der Waals surface area contributed by atoms with Crippen LogP contribution in [0.3, 0.4) is 0 Å². The van der Waals surface area contributed by atoms with E-state index >= 15 is 0 Å². The molecule has 2 unspecified atom stereocenters. The smallest absolute Gasteiger partial charge is 0.409 e. The topological polar surface area (TPSA) is 59.5 Å². The molecule has 3 saturated heterocycles. The molecule has 0 bridgehead atoms. The molecule has 1 spiro atoms. The van der Waals surface area contributed by atoms with Crippen molar-refractivity contribution in [2.45, 2.75) is 70.3 Å². The zero-order chi connectivity index (χ0) is 20.6. The second kappa shape index (κ2) is 8.69. The maximum Gasteiger partial charge on any atom is 0.409 e. The normalized spacial score (nSPS) is 35.4. The van der Waals surface area contributed by atoms with Crippen LogP contribution in [0.5, 0.6) is 0 Å². The highest BCUT2D eigenvalue weighted by atomic mass is 16.6. The number of nitrogens with zero attached hydrogens (tertiary/aromatic N) is 4. The Balaban J connectivity index is 1.23. The van der Waals surface area contributed by atoms with Gasteiger partial charge >= 0.3 is 6.09 Å². The van der Waals surface area contributed by atoms with Gasteiger partial charge in [0.05, 0.1) is 6.61 Å². The van der Waals surface area contributed by atoms with Gasteiger partial charge in [-0.05, 0) is 90.4 Å². The Morgan fingerprint density at radius 2 is 1.90 bits per heavy atom. The average molecular weight is 409 g/mol. The number of amides is 1. The summed E-state index contributed by atoms with van der Waals surface area (Å²) in [5.74, 6) is 0.711. The minimum absolute atomic E-state index is 0.130. The summed E-state index contributed by atoms with van der Waals surface area (Å²) in [7, 11) is 3.92. The Morgan fingerprint density at radius 3 is 2.55 bits per heavy atom. The predicted molar refractivity (Wildman–Crippen MR) is 112 cm³/mol. The van der Waals surface area contributed by atoms with Gasteiger partial charge in [0.2, 0.25) is 0 Å². The van der Waals surface area contributed by atoms with Crippen LogP contribution in [0.25, 0.3) is 0 Å². The predicted octanol–water partition coefficient (Wildman–Crippen LogP) is 2.01. The minimum Gasteiger partial charge on any atom is -0.450 e. The average Bonchev–Trinajstić information content (AvgIpc) is 3.34. The summed E-state index contributed by atoms with van der Waals surface area (Å²) in [5.41, 5.74) is 0.354. The number of aliphatic hydroxyl groups excluding tert-OH is 1. The molecule has 3 aliphatic heterocycles. The maximum atomic E-state index is 12.0. The van der Waals surface area contributed by atoms with Crippen molar-refractivity contribution in [3.63, 3.8) is 0 Å². The van der Waals surface area contributed by atoms with E-state index < -0.39 is 6.35 Å². The number of piperidine rings is 1. The third kappa shape index (κ3) is 4.29. The molecule has 166 valence electrons. The number of aliphatic hydroxyl groups is 1. The lowest BCUT2D eigenvalue weighted by atomic mass is 9.64. The van der Waals surface area contributed by atoms with Gasteiger partial charge in [-0.15, -0.1) is 0 Å². The highest BCUT2D eigenvalue weighted by Gasteiger charge is 2.51. The molecule has 4 aliphatic rings. The fourth-order valence-electron chi connectivity index (χ4n) is 6.41. The summed E-state index contributed by atoms with van der Waals surface area (Å²) < 4.78 is 5.18. The molecule has 1 N–H and O–H groups in total. The highest BCUT2D eigenvalue weighted by molar-refractivity contribution is 5.68. The van der Waals surface area contributed by atoms with Crippen LogP contribution in [0, 0.1) is 11.3 Å². The summed E-state index contributed by atoms with van der Waals surface area (Å²) in [6.07, 6.45) is 7.97. The molecule has 7 nitrogen and oxygen atoms in total. The molecule has 0 aromatic rings. The van der Waals surface area contributed by atoms with E-state index in [-0.39, 0.29) is 6.09 Å². The Kier molecular flexibility index (Phi) is 6.40. The fourth-order valence-corrected chi connectivity index (χ4v) is 6.41. The molecule has 4 fully saturated rings. The molecule has 1 amide bonds. The Hall–Kier alpha value is -0.890. The van der Waals surface area contributed by atoms with Gasteiger partial charge in [0, 0.05) is 31.7 Å². The van der Waals surface area contributed by atoms with Crippen molar-refractivity contribution in [3.05, 3.63) is 0 Å². The number of likely N-dealkylation sites (tertiary alicyclic amines) is 3. The number of carbonyl (C=O) groups excluding carboxylic acids is 1. The van der Waals surface area contributed by atoms with Gasteiger partial charge in [-0.1, -0.05) is 0 Å². The second-order valence-corrected chi connectivity index (χ2v) is 10.1. The minimum atomic E-state index is -0.447. The van der Waals surface area contributed by atoms with E-state index in [9.17, 15) is 9.90 Å². The monoisotopic (exact) mass is 408 g/mol. The molecule has 0 radical (unpaired) electrons. The van der Waals surface area contributed by atoms with Crippen molar-refractivity contribution in [3.8, 4) is 0 Å². The number of hydrogen-bond donors (Lipinski definition) is 1. The second-order valence-electron chi connectivity index (χ2n) is 10.1. The van der Waals surface area contributed by atoms with E-state index in [1.165, 1.54) is 51.6 Å². The van der Waals surface area contributed by atoms with Gasteiger partial charge in [-0.3, -0.25) is 9.80 Å². The van der Waals surface area contributed by atoms with Crippen molar-refractivity contribution in [2.24, 2.45) is 11.3 Å². The zero-order valence-electron chi connectivity index (χ0n) is 18.6. The highest BCUT2D eigenvalue weighted by Crippen LogP contribution is 2.51. The Bertz CT molecular complexity index is 572. The first kappa shape index (κ1) is 21.3. The van der Waals surface area contributed by atoms with E-state index in [0.717, 1.165) is 26.1 Å². The van der Waals surface area contributed by atoms with E-state index in [1.807, 2.05) is 30.8 Å². The fraction of sp³-hybridized carbons (Fsp3) is 0.955. The van der Waals surface area contributed by atoms with Crippen LogP contribution in [-0.4, -0.2) is 103 Å². The number of hydrogen-bond acceptors (Lipinski definition) is 6. The standard InChI is InChI=1S/C22H40N4O3/c1-4-29-21(28)25-13-9-22(16-25)14-18(15-22)24-11-7-17(8-12-24)19-6-5-10-26(19)20(27)23(2)3/h17-20,27H,4-16H2,1-3H3. The summed E-state index contributed by atoms with van der Waals surface area (Å²) in [6.45, 7) is 7.48. The molecular formula is C22H40N4O3. The van der Waals surface area contributed by atoms with Crippen molar-refractivity contribution in [1.82, 2.24) is 19.6 Å². The van der Waals surface area contributed by atoms with Crippen LogP contribution in [0.1, 0.15) is 51.9 Å². The van der Waals surface area contributed by atoms with Crippen LogP contribution in [0.4, 0.5) is 4.79 Å². The van der Waals surface area contributed by atoms with E-state index in [2.05, 4.69) is 9.80 Å². The van der Waals surface area contributed by atoms with Crippen LogP contribution < -0.4 is 0 Å². The molecule has 1 saturated carbocycles. The third-order valence-corrected chi connectivity index (χ3v) is 8.04. The summed E-state index contributed by atoms with van der Waals surface area (Å²) in [4.78, 5) is 20.9. The van der Waals surface area contributed by atoms with Crippen LogP contribution in [-0.2, 0) is 4.74 Å². The van der Waals surface area contributed by atoms with Crippen LogP contribution in [0.15, 0.2) is 0 Å².